The van der Waals surface area contributed by atoms with Gasteiger partial charge in [-0.15, -0.1) is 0 Å². The van der Waals surface area contributed by atoms with E-state index in [4.69, 9.17) is 10.5 Å². The zero-order chi connectivity index (χ0) is 15.2. The minimum atomic E-state index is -0.0455. The van der Waals surface area contributed by atoms with Crippen molar-refractivity contribution in [3.05, 3.63) is 29.3 Å². The first kappa shape index (κ1) is 15.8. The van der Waals surface area contributed by atoms with Crippen molar-refractivity contribution < 1.29 is 9.53 Å². The SMILES string of the molecule is CCC(N)Cc1cccc(C)c1OCC(=O)NCC1CC1. The molecule has 1 aromatic carbocycles. The molecule has 21 heavy (non-hydrogen) atoms. The van der Waals surface area contributed by atoms with Crippen LogP contribution in [0.2, 0.25) is 0 Å². The molecule has 0 aromatic heterocycles. The standard InChI is InChI=1S/C17H26N2O2/c1-3-15(18)9-14-6-4-5-12(2)17(14)21-11-16(20)19-10-13-7-8-13/h4-6,13,15H,3,7-11,18H2,1-2H3,(H,19,20). The number of hydrogen-bond acceptors (Lipinski definition) is 3. The quantitative estimate of drug-likeness (QED) is 0.771. The van der Waals surface area contributed by atoms with Crippen LogP contribution in [0.25, 0.3) is 0 Å². The van der Waals surface area contributed by atoms with Gasteiger partial charge in [0.2, 0.25) is 0 Å². The highest BCUT2D eigenvalue weighted by Gasteiger charge is 2.21. The molecule has 0 saturated heterocycles. The predicted molar refractivity (Wildman–Crippen MR) is 84.4 cm³/mol. The van der Waals surface area contributed by atoms with Crippen molar-refractivity contribution in [1.29, 1.82) is 0 Å². The lowest BCUT2D eigenvalue weighted by Crippen LogP contribution is -2.31. The van der Waals surface area contributed by atoms with Crippen molar-refractivity contribution in [3.8, 4) is 5.75 Å². The molecule has 0 radical (unpaired) electrons. The minimum absolute atomic E-state index is 0.0455. The van der Waals surface area contributed by atoms with Crippen molar-refractivity contribution in [2.45, 2.75) is 45.6 Å². The number of amides is 1. The summed E-state index contributed by atoms with van der Waals surface area (Å²) in [7, 11) is 0. The summed E-state index contributed by atoms with van der Waals surface area (Å²) < 4.78 is 5.76. The van der Waals surface area contributed by atoms with Gasteiger partial charge in [0.25, 0.3) is 5.91 Å². The number of carbonyl (C=O) groups is 1. The van der Waals surface area contributed by atoms with Gasteiger partial charge in [-0.2, -0.15) is 0 Å². The Bertz CT molecular complexity index is 484. The van der Waals surface area contributed by atoms with Gasteiger partial charge < -0.3 is 15.8 Å². The molecule has 2 rings (SSSR count). The first-order valence-electron chi connectivity index (χ1n) is 7.83. The second kappa shape index (κ2) is 7.46. The van der Waals surface area contributed by atoms with Crippen molar-refractivity contribution in [2.75, 3.05) is 13.2 Å². The van der Waals surface area contributed by atoms with Crippen LogP contribution in [0.15, 0.2) is 18.2 Å². The Morgan fingerprint density at radius 1 is 1.48 bits per heavy atom. The summed E-state index contributed by atoms with van der Waals surface area (Å²) in [5.74, 6) is 1.45. The molecule has 116 valence electrons. The van der Waals surface area contributed by atoms with Crippen LogP contribution in [-0.2, 0) is 11.2 Å². The first-order chi connectivity index (χ1) is 10.1. The molecule has 4 nitrogen and oxygen atoms in total. The number of carbonyl (C=O) groups excluding carboxylic acids is 1. The molecule has 4 heteroatoms. The minimum Gasteiger partial charge on any atom is -0.483 e. The van der Waals surface area contributed by atoms with E-state index < -0.39 is 0 Å². The monoisotopic (exact) mass is 290 g/mol. The van der Waals surface area contributed by atoms with Gasteiger partial charge >= 0.3 is 0 Å². The maximum Gasteiger partial charge on any atom is 0.257 e. The van der Waals surface area contributed by atoms with Crippen LogP contribution >= 0.6 is 0 Å². The molecule has 1 unspecified atom stereocenters. The van der Waals surface area contributed by atoms with Gasteiger partial charge in [0, 0.05) is 12.6 Å². The fourth-order valence-electron chi connectivity index (χ4n) is 2.28. The highest BCUT2D eigenvalue weighted by Crippen LogP contribution is 2.27. The molecule has 1 fully saturated rings. The van der Waals surface area contributed by atoms with E-state index in [0.29, 0.717) is 5.92 Å². The average molecular weight is 290 g/mol. The lowest BCUT2D eigenvalue weighted by Gasteiger charge is -2.16. The number of aryl methyl sites for hydroxylation is 1. The van der Waals surface area contributed by atoms with Crippen molar-refractivity contribution in [3.63, 3.8) is 0 Å². The number of ether oxygens (including phenoxy) is 1. The molecule has 3 N–H and O–H groups in total. The maximum atomic E-state index is 11.8. The molecule has 0 spiro atoms. The van der Waals surface area contributed by atoms with Gasteiger partial charge in [-0.1, -0.05) is 25.1 Å². The van der Waals surface area contributed by atoms with Crippen LogP contribution in [-0.4, -0.2) is 25.1 Å². The van der Waals surface area contributed by atoms with Gasteiger partial charge in [0.15, 0.2) is 6.61 Å². The van der Waals surface area contributed by atoms with Gasteiger partial charge in [0.1, 0.15) is 5.75 Å². The fraction of sp³-hybridized carbons (Fsp3) is 0.588. The van der Waals surface area contributed by atoms with E-state index in [9.17, 15) is 4.79 Å². The smallest absolute Gasteiger partial charge is 0.257 e. The summed E-state index contributed by atoms with van der Waals surface area (Å²) in [6, 6.07) is 6.16. The van der Waals surface area contributed by atoms with E-state index in [1.165, 1.54) is 12.8 Å². The van der Waals surface area contributed by atoms with Crippen molar-refractivity contribution in [2.24, 2.45) is 11.7 Å². The number of rotatable bonds is 8. The molecule has 1 amide bonds. The molecule has 0 heterocycles. The molecular weight excluding hydrogens is 264 g/mol. The lowest BCUT2D eigenvalue weighted by molar-refractivity contribution is -0.123. The maximum absolute atomic E-state index is 11.8. The second-order valence-corrected chi connectivity index (χ2v) is 5.97. The molecule has 1 aliphatic carbocycles. The van der Waals surface area contributed by atoms with Crippen molar-refractivity contribution in [1.82, 2.24) is 5.32 Å². The first-order valence-corrected chi connectivity index (χ1v) is 7.83. The molecule has 1 aromatic rings. The Morgan fingerprint density at radius 3 is 2.90 bits per heavy atom. The van der Waals surface area contributed by atoms with Crippen LogP contribution in [0.3, 0.4) is 0 Å². The summed E-state index contributed by atoms with van der Waals surface area (Å²) in [5, 5.41) is 2.92. The predicted octanol–water partition coefficient (Wildman–Crippen LogP) is 2.18. The normalized spacial score (nSPS) is 15.6. The van der Waals surface area contributed by atoms with Crippen LogP contribution in [0, 0.1) is 12.8 Å². The van der Waals surface area contributed by atoms with Crippen LogP contribution in [0.5, 0.6) is 5.75 Å². The van der Waals surface area contributed by atoms with E-state index in [2.05, 4.69) is 12.2 Å². The van der Waals surface area contributed by atoms with E-state index in [1.807, 2.05) is 25.1 Å². The molecule has 1 saturated carbocycles. The molecule has 0 bridgehead atoms. The molecule has 1 atom stereocenters. The number of nitrogens with one attached hydrogen (secondary N) is 1. The van der Waals surface area contributed by atoms with Gasteiger partial charge in [0.05, 0.1) is 0 Å². The Labute approximate surface area is 127 Å². The largest absolute Gasteiger partial charge is 0.483 e. The third-order valence-electron chi connectivity index (χ3n) is 3.93. The third kappa shape index (κ3) is 5.05. The van der Waals surface area contributed by atoms with Gasteiger partial charge in [-0.05, 0) is 49.7 Å². The summed E-state index contributed by atoms with van der Waals surface area (Å²) in [4.78, 5) is 11.8. The topological polar surface area (TPSA) is 64.3 Å². The highest BCUT2D eigenvalue weighted by atomic mass is 16.5. The summed E-state index contributed by atoms with van der Waals surface area (Å²) in [6.45, 7) is 4.93. The zero-order valence-electron chi connectivity index (χ0n) is 13.0. The van der Waals surface area contributed by atoms with Crippen LogP contribution in [0.4, 0.5) is 0 Å². The van der Waals surface area contributed by atoms with Crippen LogP contribution in [0.1, 0.15) is 37.3 Å². The third-order valence-corrected chi connectivity index (χ3v) is 3.93. The fourth-order valence-corrected chi connectivity index (χ4v) is 2.28. The van der Waals surface area contributed by atoms with E-state index in [1.54, 1.807) is 0 Å². The zero-order valence-corrected chi connectivity index (χ0v) is 13.0. The summed E-state index contributed by atoms with van der Waals surface area (Å²) in [5.41, 5.74) is 8.16. The lowest BCUT2D eigenvalue weighted by atomic mass is 10.0. The number of nitrogens with two attached hydrogens (primary N) is 1. The van der Waals surface area contributed by atoms with Crippen molar-refractivity contribution >= 4 is 5.91 Å². The van der Waals surface area contributed by atoms with Gasteiger partial charge in [-0.25, -0.2) is 0 Å². The number of hydrogen-bond donors (Lipinski definition) is 2. The molecule has 1 aliphatic rings. The van der Waals surface area contributed by atoms with E-state index in [-0.39, 0.29) is 18.6 Å². The average Bonchev–Trinajstić information content (AvgIpc) is 3.28. The van der Waals surface area contributed by atoms with E-state index >= 15 is 0 Å². The Balaban J connectivity index is 1.92. The number of para-hydroxylation sites is 1. The van der Waals surface area contributed by atoms with Crippen LogP contribution < -0.4 is 15.8 Å². The summed E-state index contributed by atoms with van der Waals surface area (Å²) in [6.07, 6.45) is 4.17. The Kier molecular flexibility index (Phi) is 5.62. The highest BCUT2D eigenvalue weighted by molar-refractivity contribution is 5.77. The molecule has 0 aliphatic heterocycles. The molecular formula is C17H26N2O2. The second-order valence-electron chi connectivity index (χ2n) is 5.97. The Hall–Kier alpha value is -1.55. The Morgan fingerprint density at radius 2 is 2.24 bits per heavy atom. The number of benzene rings is 1. The summed E-state index contributed by atoms with van der Waals surface area (Å²) >= 11 is 0. The van der Waals surface area contributed by atoms with Gasteiger partial charge in [-0.3, -0.25) is 4.79 Å². The van der Waals surface area contributed by atoms with E-state index in [0.717, 1.165) is 36.3 Å².